The van der Waals surface area contributed by atoms with E-state index in [4.69, 9.17) is 14.2 Å². The number of allylic oxidation sites excluding steroid dienone is 4. The van der Waals surface area contributed by atoms with Crippen LogP contribution in [-0.2, 0) is 28.6 Å². The highest BCUT2D eigenvalue weighted by Gasteiger charge is 2.77. The number of ketones is 2. The Morgan fingerprint density at radius 2 is 1.85 bits per heavy atom. The summed E-state index contributed by atoms with van der Waals surface area (Å²) >= 11 is 0. The summed E-state index contributed by atoms with van der Waals surface area (Å²) in [5.41, 5.74) is -5.56. The molecular formula is C31H43FO8. The van der Waals surface area contributed by atoms with Gasteiger partial charge in [-0.3, -0.25) is 14.4 Å². The van der Waals surface area contributed by atoms with Crippen molar-refractivity contribution in [3.8, 4) is 0 Å². The highest BCUT2D eigenvalue weighted by Crippen LogP contribution is 2.71. The number of ether oxygens (including phenoxy) is 3. The molecule has 0 aromatic carbocycles. The highest BCUT2D eigenvalue weighted by atomic mass is 19.1. The molecule has 3 fully saturated rings. The van der Waals surface area contributed by atoms with Crippen LogP contribution >= 0.6 is 0 Å². The number of halogens is 1. The summed E-state index contributed by atoms with van der Waals surface area (Å²) in [6.45, 7) is 8.46. The molecule has 0 spiro atoms. The van der Waals surface area contributed by atoms with E-state index < -0.39 is 70.5 Å². The first-order valence-corrected chi connectivity index (χ1v) is 14.7. The Labute approximate surface area is 235 Å². The fraction of sp³-hybridized carbons (Fsp3) is 0.742. The van der Waals surface area contributed by atoms with Gasteiger partial charge in [-0.2, -0.15) is 0 Å². The molecular weight excluding hydrogens is 519 g/mol. The maximum absolute atomic E-state index is 17.5. The monoisotopic (exact) mass is 562 g/mol. The Hall–Kier alpha value is -2.55. The Morgan fingerprint density at radius 1 is 1.12 bits per heavy atom. The number of carbonyl (C=O) groups excluding carboxylic acids is 4. The second-order valence-electron chi connectivity index (χ2n) is 12.5. The Bertz CT molecular complexity index is 1110. The molecule has 0 aromatic rings. The normalized spacial score (nSPS) is 39.9. The quantitative estimate of drug-likeness (QED) is 0.301. The van der Waals surface area contributed by atoms with Crippen LogP contribution in [0.3, 0.4) is 0 Å². The predicted octanol–water partition coefficient (Wildman–Crippen LogP) is 5.21. The molecule has 0 aliphatic heterocycles. The van der Waals surface area contributed by atoms with Crippen LogP contribution in [0, 0.1) is 28.6 Å². The Balaban J connectivity index is 1.74. The maximum Gasteiger partial charge on any atom is 0.509 e. The van der Waals surface area contributed by atoms with Crippen LogP contribution in [0.5, 0.6) is 0 Å². The standard InChI is InChI=1S/C31H43FO8/c1-6-8-9-14-38-27(37)40-31(25(35)18-39-26(36)7-2)19(3)15-23-22-11-10-20-16-21(33)12-13-28(20,4)30(22,32)24(34)17-29(23,31)5/h12-13,16,19,22-24,34H,6-11,14-15,17-18H2,1-5H3/t19-,22+,23+,24+,28+,29+,30+,31+/m1/s1. The third-order valence-corrected chi connectivity index (χ3v) is 10.5. The second kappa shape index (κ2) is 11.0. The third-order valence-electron chi connectivity index (χ3n) is 10.5. The van der Waals surface area contributed by atoms with Crippen LogP contribution in [-0.4, -0.2) is 59.4 Å². The molecule has 0 amide bonds. The first-order chi connectivity index (χ1) is 18.8. The summed E-state index contributed by atoms with van der Waals surface area (Å²) in [4.78, 5) is 51.1. The van der Waals surface area contributed by atoms with Crippen LogP contribution < -0.4 is 0 Å². The van der Waals surface area contributed by atoms with E-state index in [0.717, 1.165) is 12.8 Å². The van der Waals surface area contributed by atoms with Gasteiger partial charge in [-0.25, -0.2) is 9.18 Å². The maximum atomic E-state index is 17.5. The Kier molecular flexibility index (Phi) is 8.38. The predicted molar refractivity (Wildman–Crippen MR) is 144 cm³/mol. The van der Waals surface area contributed by atoms with E-state index in [1.807, 2.05) is 6.92 Å². The van der Waals surface area contributed by atoms with Crippen LogP contribution in [0.2, 0.25) is 0 Å². The first kappa shape index (κ1) is 30.4. The number of hydrogen-bond donors (Lipinski definition) is 1. The number of unbranched alkanes of at least 4 members (excludes halogenated alkanes) is 2. The molecule has 8 atom stereocenters. The van der Waals surface area contributed by atoms with E-state index in [2.05, 4.69) is 0 Å². The van der Waals surface area contributed by atoms with Crippen LogP contribution in [0.15, 0.2) is 23.8 Å². The third kappa shape index (κ3) is 4.43. The van der Waals surface area contributed by atoms with E-state index in [1.165, 1.54) is 12.2 Å². The molecule has 0 heterocycles. The fourth-order valence-electron chi connectivity index (χ4n) is 8.42. The van der Waals surface area contributed by atoms with Gasteiger partial charge in [0, 0.05) is 29.1 Å². The number of rotatable bonds is 9. The molecule has 4 aliphatic carbocycles. The van der Waals surface area contributed by atoms with Gasteiger partial charge in [-0.1, -0.05) is 52.2 Å². The number of aliphatic hydroxyl groups excluding tert-OH is 1. The molecule has 4 rings (SSSR count). The van der Waals surface area contributed by atoms with Crippen molar-refractivity contribution in [2.24, 2.45) is 28.6 Å². The molecule has 0 saturated heterocycles. The average molecular weight is 563 g/mol. The number of esters is 1. The summed E-state index contributed by atoms with van der Waals surface area (Å²) in [7, 11) is 0. The van der Waals surface area contributed by atoms with Gasteiger partial charge >= 0.3 is 12.1 Å². The highest BCUT2D eigenvalue weighted by molar-refractivity contribution is 6.01. The summed E-state index contributed by atoms with van der Waals surface area (Å²) in [6, 6.07) is 0. The smallest absolute Gasteiger partial charge is 0.457 e. The summed E-state index contributed by atoms with van der Waals surface area (Å²) in [5.74, 6) is -3.01. The largest absolute Gasteiger partial charge is 0.509 e. The van der Waals surface area contributed by atoms with Gasteiger partial charge < -0.3 is 19.3 Å². The first-order valence-electron chi connectivity index (χ1n) is 14.7. The van der Waals surface area contributed by atoms with Gasteiger partial charge in [0.1, 0.15) is 0 Å². The van der Waals surface area contributed by atoms with Gasteiger partial charge in [-0.15, -0.1) is 0 Å². The minimum absolute atomic E-state index is 0.0751. The molecule has 0 aromatic heterocycles. The molecule has 0 bridgehead atoms. The number of aliphatic hydroxyl groups is 1. The van der Waals surface area contributed by atoms with Crippen molar-refractivity contribution in [1.82, 2.24) is 0 Å². The van der Waals surface area contributed by atoms with E-state index >= 15 is 4.39 Å². The van der Waals surface area contributed by atoms with Crippen molar-refractivity contribution in [3.05, 3.63) is 23.8 Å². The van der Waals surface area contributed by atoms with E-state index in [9.17, 15) is 24.3 Å². The van der Waals surface area contributed by atoms with Crippen molar-refractivity contribution < 1.29 is 42.9 Å². The zero-order chi connectivity index (χ0) is 29.5. The summed E-state index contributed by atoms with van der Waals surface area (Å²) in [6.07, 6.45) is 5.49. The number of alkyl halides is 1. The molecule has 3 saturated carbocycles. The van der Waals surface area contributed by atoms with Gasteiger partial charge in [0.25, 0.3) is 0 Å². The van der Waals surface area contributed by atoms with Crippen LogP contribution in [0.25, 0.3) is 0 Å². The second-order valence-corrected chi connectivity index (χ2v) is 12.5. The van der Waals surface area contributed by atoms with Gasteiger partial charge in [-0.05, 0) is 57.1 Å². The number of hydrogen-bond acceptors (Lipinski definition) is 8. The minimum atomic E-state index is -2.09. The SMILES string of the molecule is CCCCCOC(=O)O[C@]1(C(=O)COC(=O)CC)[C@H](C)C[C@H]2[C@@H]3CCC4=CC(=O)C=C[C@]4(C)[C@@]3(F)[C@@H](O)C[C@@]21C. The number of fused-ring (bicyclic) bond motifs is 5. The molecule has 8 nitrogen and oxygen atoms in total. The summed E-state index contributed by atoms with van der Waals surface area (Å²) in [5, 5.41) is 11.6. The molecule has 4 aliphatic rings. The van der Waals surface area contributed by atoms with Gasteiger partial charge in [0.05, 0.1) is 12.7 Å². The average Bonchev–Trinajstić information content (AvgIpc) is 3.12. The molecule has 40 heavy (non-hydrogen) atoms. The zero-order valence-corrected chi connectivity index (χ0v) is 24.3. The minimum Gasteiger partial charge on any atom is -0.457 e. The van der Waals surface area contributed by atoms with E-state index in [-0.39, 0.29) is 25.2 Å². The van der Waals surface area contributed by atoms with Crippen molar-refractivity contribution in [2.75, 3.05) is 13.2 Å². The molecule has 0 unspecified atom stereocenters. The lowest BCUT2D eigenvalue weighted by Crippen LogP contribution is -2.70. The van der Waals surface area contributed by atoms with Crippen molar-refractivity contribution in [2.45, 2.75) is 103 Å². The number of carbonyl (C=O) groups is 4. The fourth-order valence-corrected chi connectivity index (χ4v) is 8.42. The molecule has 9 heteroatoms. The number of Topliss-reactive ketones (excluding diaryl/α,β-unsaturated/α-hetero) is 1. The lowest BCUT2D eigenvalue weighted by atomic mass is 9.44. The molecule has 222 valence electrons. The topological polar surface area (TPSA) is 116 Å². The lowest BCUT2D eigenvalue weighted by Gasteiger charge is -2.62. The van der Waals surface area contributed by atoms with Crippen molar-refractivity contribution >= 4 is 23.7 Å². The van der Waals surface area contributed by atoms with E-state index in [0.29, 0.717) is 31.3 Å². The van der Waals surface area contributed by atoms with Gasteiger partial charge in [0.2, 0.25) is 5.78 Å². The summed E-state index contributed by atoms with van der Waals surface area (Å²) < 4.78 is 34.0. The van der Waals surface area contributed by atoms with Crippen molar-refractivity contribution in [1.29, 1.82) is 0 Å². The van der Waals surface area contributed by atoms with Crippen LogP contribution in [0.4, 0.5) is 9.18 Å². The van der Waals surface area contributed by atoms with Gasteiger partial charge in [0.15, 0.2) is 23.7 Å². The lowest BCUT2D eigenvalue weighted by molar-refractivity contribution is -0.222. The van der Waals surface area contributed by atoms with E-state index in [1.54, 1.807) is 33.8 Å². The van der Waals surface area contributed by atoms with Crippen LogP contribution in [0.1, 0.15) is 86.0 Å². The zero-order valence-electron chi connectivity index (χ0n) is 24.3. The molecule has 1 N–H and O–H groups in total. The molecule has 0 radical (unpaired) electrons. The van der Waals surface area contributed by atoms with Crippen molar-refractivity contribution in [3.63, 3.8) is 0 Å². The Morgan fingerprint density at radius 3 is 2.52 bits per heavy atom.